The summed E-state index contributed by atoms with van der Waals surface area (Å²) >= 11 is 0. The number of benzene rings is 2. The van der Waals surface area contributed by atoms with Crippen molar-refractivity contribution >= 4 is 11.8 Å². The number of carbonyl (C=O) groups excluding carboxylic acids is 2. The minimum Gasteiger partial charge on any atom is -0.406 e. The van der Waals surface area contributed by atoms with Crippen molar-refractivity contribution in [1.82, 2.24) is 10.2 Å². The molecule has 6 nitrogen and oxygen atoms in total. The number of rotatable bonds is 6. The van der Waals surface area contributed by atoms with Gasteiger partial charge in [-0.1, -0.05) is 24.3 Å². The standard InChI is InChI=1S/C21H18F3N3O3/c1-13-11-15(30-21(22,23)24)8-7-14(13)12-26-19(28)18-16-5-2-3-6-17(16)20(29)27(18)10-4-9-25/h2-3,5-8,11,18H,4,10,12H2,1H3,(H,26,28). The van der Waals surface area contributed by atoms with Gasteiger partial charge in [0.1, 0.15) is 11.8 Å². The van der Waals surface area contributed by atoms with Gasteiger partial charge in [-0.25, -0.2) is 0 Å². The molecule has 0 spiro atoms. The molecule has 2 amide bonds. The number of fused-ring (bicyclic) bond motifs is 1. The van der Waals surface area contributed by atoms with Gasteiger partial charge in [0.05, 0.1) is 12.5 Å². The van der Waals surface area contributed by atoms with Crippen LogP contribution in [0.25, 0.3) is 0 Å². The molecular formula is C21H18F3N3O3. The molecule has 0 bridgehead atoms. The van der Waals surface area contributed by atoms with Gasteiger partial charge in [-0.05, 0) is 41.8 Å². The molecule has 0 aliphatic carbocycles. The lowest BCUT2D eigenvalue weighted by Gasteiger charge is -2.24. The normalized spacial score (nSPS) is 15.5. The molecule has 1 aliphatic rings. The van der Waals surface area contributed by atoms with Crippen LogP contribution >= 0.6 is 0 Å². The summed E-state index contributed by atoms with van der Waals surface area (Å²) in [5.74, 6) is -1.08. The largest absolute Gasteiger partial charge is 0.573 e. The third-order valence-electron chi connectivity index (χ3n) is 4.77. The van der Waals surface area contributed by atoms with Crippen LogP contribution in [0.1, 0.15) is 39.5 Å². The Bertz CT molecular complexity index is 1010. The van der Waals surface area contributed by atoms with E-state index in [2.05, 4.69) is 10.1 Å². The molecule has 2 aromatic rings. The van der Waals surface area contributed by atoms with Crippen molar-refractivity contribution in [3.8, 4) is 11.8 Å². The topological polar surface area (TPSA) is 82.4 Å². The van der Waals surface area contributed by atoms with Crippen LogP contribution in [-0.4, -0.2) is 29.6 Å². The summed E-state index contributed by atoms with van der Waals surface area (Å²) in [6.07, 6.45) is -4.69. The Hall–Kier alpha value is -3.54. The van der Waals surface area contributed by atoms with E-state index >= 15 is 0 Å². The smallest absolute Gasteiger partial charge is 0.406 e. The van der Waals surface area contributed by atoms with Crippen LogP contribution in [-0.2, 0) is 11.3 Å². The number of hydrogen-bond donors (Lipinski definition) is 1. The van der Waals surface area contributed by atoms with Crippen LogP contribution < -0.4 is 10.1 Å². The Morgan fingerprint density at radius 2 is 2.00 bits per heavy atom. The lowest BCUT2D eigenvalue weighted by Crippen LogP contribution is -2.39. The fraction of sp³-hybridized carbons (Fsp3) is 0.286. The van der Waals surface area contributed by atoms with E-state index < -0.39 is 18.3 Å². The Kier molecular flexibility index (Phi) is 5.96. The first-order valence-electron chi connectivity index (χ1n) is 9.11. The van der Waals surface area contributed by atoms with Gasteiger partial charge in [0.25, 0.3) is 5.91 Å². The highest BCUT2D eigenvalue weighted by Gasteiger charge is 2.40. The van der Waals surface area contributed by atoms with Gasteiger partial charge in [0.2, 0.25) is 5.91 Å². The number of carbonyl (C=O) groups is 2. The molecule has 1 atom stereocenters. The van der Waals surface area contributed by atoms with Crippen LogP contribution in [0.5, 0.6) is 5.75 Å². The zero-order chi connectivity index (χ0) is 21.9. The number of hydrogen-bond acceptors (Lipinski definition) is 4. The molecule has 1 unspecified atom stereocenters. The molecule has 0 saturated heterocycles. The molecule has 0 fully saturated rings. The van der Waals surface area contributed by atoms with Crippen LogP contribution in [0, 0.1) is 18.3 Å². The lowest BCUT2D eigenvalue weighted by molar-refractivity contribution is -0.274. The maximum Gasteiger partial charge on any atom is 0.573 e. The van der Waals surface area contributed by atoms with Crippen molar-refractivity contribution in [2.24, 2.45) is 0 Å². The molecule has 1 heterocycles. The van der Waals surface area contributed by atoms with E-state index in [4.69, 9.17) is 5.26 Å². The summed E-state index contributed by atoms with van der Waals surface area (Å²) in [6, 6.07) is 11.7. The summed E-state index contributed by atoms with van der Waals surface area (Å²) in [7, 11) is 0. The summed E-state index contributed by atoms with van der Waals surface area (Å²) in [6.45, 7) is 1.79. The average Bonchev–Trinajstić information content (AvgIpc) is 2.96. The van der Waals surface area contributed by atoms with Gasteiger partial charge in [-0.3, -0.25) is 9.59 Å². The third-order valence-corrected chi connectivity index (χ3v) is 4.77. The monoisotopic (exact) mass is 417 g/mol. The second-order valence-corrected chi connectivity index (χ2v) is 6.75. The maximum atomic E-state index is 12.9. The van der Waals surface area contributed by atoms with Gasteiger partial charge >= 0.3 is 6.36 Å². The van der Waals surface area contributed by atoms with E-state index in [-0.39, 0.29) is 31.2 Å². The summed E-state index contributed by atoms with van der Waals surface area (Å²) < 4.78 is 40.9. The minimum absolute atomic E-state index is 0.0654. The molecule has 0 aromatic heterocycles. The van der Waals surface area contributed by atoms with Crippen LogP contribution in [0.2, 0.25) is 0 Å². The van der Waals surface area contributed by atoms with E-state index in [0.717, 1.165) is 0 Å². The van der Waals surface area contributed by atoms with Crippen molar-refractivity contribution in [3.63, 3.8) is 0 Å². The Morgan fingerprint density at radius 1 is 1.27 bits per heavy atom. The van der Waals surface area contributed by atoms with Gasteiger partial charge in [0, 0.05) is 18.7 Å². The van der Waals surface area contributed by atoms with Crippen LogP contribution in [0.3, 0.4) is 0 Å². The number of alkyl halides is 3. The summed E-state index contributed by atoms with van der Waals surface area (Å²) in [5, 5.41) is 11.6. The predicted octanol–water partition coefficient (Wildman–Crippen LogP) is 3.62. The average molecular weight is 417 g/mol. The first-order chi connectivity index (χ1) is 14.2. The van der Waals surface area contributed by atoms with E-state index in [1.165, 1.54) is 23.1 Å². The van der Waals surface area contributed by atoms with Crippen molar-refractivity contribution in [3.05, 3.63) is 64.7 Å². The maximum absolute atomic E-state index is 12.9. The Morgan fingerprint density at radius 3 is 2.67 bits per heavy atom. The quantitative estimate of drug-likeness (QED) is 0.778. The van der Waals surface area contributed by atoms with Crippen molar-refractivity contribution < 1.29 is 27.5 Å². The first kappa shape index (κ1) is 21.2. The number of amides is 2. The fourth-order valence-corrected chi connectivity index (χ4v) is 3.40. The van der Waals surface area contributed by atoms with Gasteiger partial charge in [-0.2, -0.15) is 5.26 Å². The van der Waals surface area contributed by atoms with E-state index in [1.807, 2.05) is 6.07 Å². The molecule has 0 saturated carbocycles. The van der Waals surface area contributed by atoms with E-state index in [9.17, 15) is 22.8 Å². The molecule has 9 heteroatoms. The van der Waals surface area contributed by atoms with E-state index in [1.54, 1.807) is 31.2 Å². The highest BCUT2D eigenvalue weighted by atomic mass is 19.4. The number of halogens is 3. The third kappa shape index (κ3) is 4.54. The van der Waals surface area contributed by atoms with Crippen LogP contribution in [0.4, 0.5) is 13.2 Å². The molecule has 2 aromatic carbocycles. The van der Waals surface area contributed by atoms with Gasteiger partial charge in [-0.15, -0.1) is 13.2 Å². The molecular weight excluding hydrogens is 399 g/mol. The molecule has 1 N–H and O–H groups in total. The summed E-state index contributed by atoms with van der Waals surface area (Å²) in [4.78, 5) is 26.9. The lowest BCUT2D eigenvalue weighted by atomic mass is 10.0. The molecule has 30 heavy (non-hydrogen) atoms. The molecule has 1 aliphatic heterocycles. The number of nitrogens with zero attached hydrogens (tertiary/aromatic N) is 2. The first-order valence-corrected chi connectivity index (χ1v) is 9.11. The Balaban J connectivity index is 1.75. The van der Waals surface area contributed by atoms with Crippen molar-refractivity contribution in [2.45, 2.75) is 32.3 Å². The number of nitriles is 1. The summed E-state index contributed by atoms with van der Waals surface area (Å²) in [5.41, 5.74) is 2.10. The molecule has 156 valence electrons. The second kappa shape index (κ2) is 8.45. The van der Waals surface area contributed by atoms with Gasteiger partial charge < -0.3 is 15.0 Å². The van der Waals surface area contributed by atoms with Crippen molar-refractivity contribution in [1.29, 1.82) is 5.26 Å². The number of ether oxygens (including phenoxy) is 1. The molecule has 0 radical (unpaired) electrons. The predicted molar refractivity (Wildman–Crippen MR) is 100 cm³/mol. The molecule has 3 rings (SSSR count). The van der Waals surface area contributed by atoms with E-state index in [0.29, 0.717) is 22.3 Å². The SMILES string of the molecule is Cc1cc(OC(F)(F)F)ccc1CNC(=O)C1c2ccccc2C(=O)N1CCC#N. The van der Waals surface area contributed by atoms with Gasteiger partial charge in [0.15, 0.2) is 0 Å². The fourth-order valence-electron chi connectivity index (χ4n) is 3.40. The highest BCUT2D eigenvalue weighted by molar-refractivity contribution is 6.04. The van der Waals surface area contributed by atoms with Crippen LogP contribution in [0.15, 0.2) is 42.5 Å². The zero-order valence-corrected chi connectivity index (χ0v) is 16.0. The highest BCUT2D eigenvalue weighted by Crippen LogP contribution is 2.34. The second-order valence-electron chi connectivity index (χ2n) is 6.75. The van der Waals surface area contributed by atoms with Crippen molar-refractivity contribution in [2.75, 3.05) is 6.54 Å². The number of nitrogens with one attached hydrogen (secondary N) is 1. The minimum atomic E-state index is -4.78. The zero-order valence-electron chi connectivity index (χ0n) is 16.0. The Labute approximate surface area is 170 Å². The number of aryl methyl sites for hydroxylation is 1.